The molecule has 2 fully saturated rings. The summed E-state index contributed by atoms with van der Waals surface area (Å²) in [7, 11) is 1.65. The van der Waals surface area contributed by atoms with Gasteiger partial charge >= 0.3 is 0 Å². The number of methoxy groups -OCH3 is 1. The summed E-state index contributed by atoms with van der Waals surface area (Å²) in [4.78, 5) is 28.9. The SMILES string of the molecule is COc1cc2nc(-c3ccc(Cl)c(Cl)c3)n(-c3ccnc(N[C@@H]4CCCN(C(=O)C5CC5)C4)n3)c2cc1C. The van der Waals surface area contributed by atoms with Gasteiger partial charge in [0, 0.05) is 42.9 Å². The number of piperidine rings is 1. The van der Waals surface area contributed by atoms with E-state index in [4.69, 9.17) is 37.9 Å². The number of ether oxygens (including phenoxy) is 1. The number of rotatable bonds is 6. The molecule has 2 aromatic heterocycles. The molecule has 0 radical (unpaired) electrons. The van der Waals surface area contributed by atoms with Crippen LogP contribution in [0.4, 0.5) is 5.95 Å². The number of aryl methyl sites for hydroxylation is 1. The van der Waals surface area contributed by atoms with Crippen molar-refractivity contribution in [1.82, 2.24) is 24.4 Å². The number of anilines is 1. The number of aromatic nitrogens is 4. The maximum atomic E-state index is 12.6. The molecular formula is C28H28Cl2N6O2. The predicted molar refractivity (Wildman–Crippen MR) is 149 cm³/mol. The van der Waals surface area contributed by atoms with Crippen LogP contribution in [-0.4, -0.2) is 56.6 Å². The van der Waals surface area contributed by atoms with Crippen LogP contribution in [0.15, 0.2) is 42.6 Å². The summed E-state index contributed by atoms with van der Waals surface area (Å²) < 4.78 is 7.54. The molecule has 1 N–H and O–H groups in total. The average molecular weight is 551 g/mol. The second-order valence-corrected chi connectivity index (χ2v) is 10.8. The summed E-state index contributed by atoms with van der Waals surface area (Å²) in [5, 5.41) is 4.40. The number of fused-ring (bicyclic) bond motifs is 1. The van der Waals surface area contributed by atoms with Crippen LogP contribution in [0.3, 0.4) is 0 Å². The van der Waals surface area contributed by atoms with Gasteiger partial charge in [-0.05, 0) is 68.5 Å². The van der Waals surface area contributed by atoms with Crippen LogP contribution in [-0.2, 0) is 4.79 Å². The lowest BCUT2D eigenvalue weighted by Crippen LogP contribution is -2.45. The van der Waals surface area contributed by atoms with Crippen LogP contribution in [0.1, 0.15) is 31.2 Å². The standard InChI is InChI=1S/C28H28Cl2N6O2/c1-16-12-23-22(14-24(16)38-2)33-26(18-7-8-20(29)21(30)13-18)36(23)25-9-10-31-28(34-25)32-19-4-3-11-35(15-19)27(37)17-5-6-17/h7-10,12-14,17,19H,3-6,11,15H2,1-2H3,(H,31,32,34)/t19-/m1/s1. The van der Waals surface area contributed by atoms with Gasteiger partial charge in [0.25, 0.3) is 0 Å². The Balaban J connectivity index is 1.38. The van der Waals surface area contributed by atoms with E-state index in [0.29, 0.717) is 34.2 Å². The topological polar surface area (TPSA) is 85.2 Å². The van der Waals surface area contributed by atoms with E-state index in [1.54, 1.807) is 25.4 Å². The van der Waals surface area contributed by atoms with E-state index in [9.17, 15) is 4.79 Å². The fourth-order valence-corrected chi connectivity index (χ4v) is 5.40. The maximum Gasteiger partial charge on any atom is 0.225 e. The van der Waals surface area contributed by atoms with Crippen molar-refractivity contribution >= 4 is 46.1 Å². The largest absolute Gasteiger partial charge is 0.496 e. The summed E-state index contributed by atoms with van der Waals surface area (Å²) in [5.74, 6) is 3.13. The van der Waals surface area contributed by atoms with Crippen LogP contribution in [0.5, 0.6) is 5.75 Å². The molecule has 0 bridgehead atoms. The second-order valence-electron chi connectivity index (χ2n) is 9.99. The molecule has 1 atom stereocenters. The fraction of sp³-hybridized carbons (Fsp3) is 0.357. The van der Waals surface area contributed by atoms with E-state index in [1.807, 2.05) is 40.7 Å². The molecule has 38 heavy (non-hydrogen) atoms. The highest BCUT2D eigenvalue weighted by molar-refractivity contribution is 6.42. The first-order valence-electron chi connectivity index (χ1n) is 12.8. The summed E-state index contributed by atoms with van der Waals surface area (Å²) in [5.41, 5.74) is 3.44. The Morgan fingerprint density at radius 2 is 1.92 bits per heavy atom. The van der Waals surface area contributed by atoms with Crippen LogP contribution in [0, 0.1) is 12.8 Å². The van der Waals surface area contributed by atoms with Gasteiger partial charge in [-0.1, -0.05) is 23.2 Å². The molecule has 1 amide bonds. The summed E-state index contributed by atoms with van der Waals surface area (Å²) in [6, 6.07) is 11.4. The van der Waals surface area contributed by atoms with Crippen molar-refractivity contribution in [3.63, 3.8) is 0 Å². The monoisotopic (exact) mass is 550 g/mol. The number of likely N-dealkylation sites (tertiary alicyclic amines) is 1. The summed E-state index contributed by atoms with van der Waals surface area (Å²) >= 11 is 12.6. The fourth-order valence-electron chi connectivity index (χ4n) is 5.10. The Morgan fingerprint density at radius 1 is 1.08 bits per heavy atom. The van der Waals surface area contributed by atoms with Crippen LogP contribution >= 0.6 is 23.2 Å². The van der Waals surface area contributed by atoms with Crippen LogP contribution in [0.2, 0.25) is 10.0 Å². The number of hydrogen-bond donors (Lipinski definition) is 1. The van der Waals surface area contributed by atoms with Gasteiger partial charge in [-0.3, -0.25) is 9.36 Å². The van der Waals surface area contributed by atoms with Crippen molar-refractivity contribution < 1.29 is 9.53 Å². The second kappa shape index (κ2) is 10.1. The molecular weight excluding hydrogens is 523 g/mol. The number of amides is 1. The number of carbonyl (C=O) groups is 1. The number of hydrogen-bond acceptors (Lipinski definition) is 6. The highest BCUT2D eigenvalue weighted by Gasteiger charge is 2.35. The van der Waals surface area contributed by atoms with E-state index >= 15 is 0 Å². The molecule has 2 aromatic carbocycles. The highest BCUT2D eigenvalue weighted by Crippen LogP contribution is 2.35. The van der Waals surface area contributed by atoms with E-state index in [0.717, 1.165) is 60.1 Å². The van der Waals surface area contributed by atoms with E-state index in [2.05, 4.69) is 10.3 Å². The number of benzene rings is 2. The molecule has 10 heteroatoms. The number of halogens is 2. The summed E-state index contributed by atoms with van der Waals surface area (Å²) in [6.07, 6.45) is 5.70. The van der Waals surface area contributed by atoms with E-state index in [1.165, 1.54) is 0 Å². The van der Waals surface area contributed by atoms with Crippen molar-refractivity contribution in [2.24, 2.45) is 5.92 Å². The van der Waals surface area contributed by atoms with Crippen molar-refractivity contribution in [3.8, 4) is 23.0 Å². The zero-order valence-corrected chi connectivity index (χ0v) is 22.8. The highest BCUT2D eigenvalue weighted by atomic mass is 35.5. The third-order valence-electron chi connectivity index (χ3n) is 7.21. The number of imidazole rings is 1. The third kappa shape index (κ3) is 4.78. The zero-order chi connectivity index (χ0) is 26.4. The Kier molecular flexibility index (Phi) is 6.61. The molecule has 8 nitrogen and oxygen atoms in total. The minimum Gasteiger partial charge on any atom is -0.496 e. The van der Waals surface area contributed by atoms with Gasteiger partial charge in [-0.25, -0.2) is 9.97 Å². The lowest BCUT2D eigenvalue weighted by Gasteiger charge is -2.33. The number of nitrogens with zero attached hydrogens (tertiary/aromatic N) is 5. The average Bonchev–Trinajstić information content (AvgIpc) is 3.71. The molecule has 196 valence electrons. The molecule has 2 aliphatic rings. The van der Waals surface area contributed by atoms with Crippen molar-refractivity contribution in [3.05, 3.63) is 58.2 Å². The minimum atomic E-state index is 0.0993. The first-order chi connectivity index (χ1) is 18.4. The van der Waals surface area contributed by atoms with E-state index < -0.39 is 0 Å². The molecule has 3 heterocycles. The molecule has 1 aliphatic carbocycles. The normalized spacial score (nSPS) is 17.6. The first kappa shape index (κ1) is 24.9. The van der Waals surface area contributed by atoms with Crippen molar-refractivity contribution in [2.75, 3.05) is 25.5 Å². The summed E-state index contributed by atoms with van der Waals surface area (Å²) in [6.45, 7) is 3.49. The van der Waals surface area contributed by atoms with Gasteiger partial charge < -0.3 is 15.0 Å². The smallest absolute Gasteiger partial charge is 0.225 e. The maximum absolute atomic E-state index is 12.6. The Labute approximate surface area is 230 Å². The van der Waals surface area contributed by atoms with Crippen LogP contribution in [0.25, 0.3) is 28.2 Å². The molecule has 6 rings (SSSR count). The third-order valence-corrected chi connectivity index (χ3v) is 7.95. The van der Waals surface area contributed by atoms with Gasteiger partial charge in [-0.15, -0.1) is 0 Å². The van der Waals surface area contributed by atoms with Gasteiger partial charge in [-0.2, -0.15) is 4.98 Å². The Morgan fingerprint density at radius 3 is 2.68 bits per heavy atom. The lowest BCUT2D eigenvalue weighted by molar-refractivity contribution is -0.133. The van der Waals surface area contributed by atoms with Gasteiger partial charge in [0.2, 0.25) is 11.9 Å². The molecule has 0 spiro atoms. The predicted octanol–water partition coefficient (Wildman–Crippen LogP) is 5.92. The van der Waals surface area contributed by atoms with Gasteiger partial charge in [0.05, 0.1) is 28.2 Å². The zero-order valence-electron chi connectivity index (χ0n) is 21.2. The molecule has 0 unspecified atom stereocenters. The minimum absolute atomic E-state index is 0.0993. The Bertz CT molecular complexity index is 1530. The van der Waals surface area contributed by atoms with Crippen molar-refractivity contribution in [1.29, 1.82) is 0 Å². The number of carbonyl (C=O) groups excluding carboxylic acids is 1. The molecule has 4 aromatic rings. The molecule has 1 aliphatic heterocycles. The Hall–Kier alpha value is -3.36. The number of nitrogens with one attached hydrogen (secondary N) is 1. The lowest BCUT2D eigenvalue weighted by atomic mass is 10.1. The van der Waals surface area contributed by atoms with Crippen LogP contribution < -0.4 is 10.1 Å². The quantitative estimate of drug-likeness (QED) is 0.320. The van der Waals surface area contributed by atoms with Gasteiger partial charge in [0.1, 0.15) is 17.4 Å². The van der Waals surface area contributed by atoms with Gasteiger partial charge in [0.15, 0.2) is 0 Å². The van der Waals surface area contributed by atoms with Crippen molar-refractivity contribution in [2.45, 2.75) is 38.6 Å². The first-order valence-corrected chi connectivity index (χ1v) is 13.6. The molecule has 1 saturated carbocycles. The molecule has 1 saturated heterocycles. The van der Waals surface area contributed by atoms with E-state index in [-0.39, 0.29) is 17.9 Å².